The van der Waals surface area contributed by atoms with E-state index in [0.717, 1.165) is 6.42 Å². The van der Waals surface area contributed by atoms with Crippen LogP contribution in [0.25, 0.3) is 22.7 Å². The van der Waals surface area contributed by atoms with E-state index in [4.69, 9.17) is 0 Å². The summed E-state index contributed by atoms with van der Waals surface area (Å²) in [5, 5.41) is 1.38. The van der Waals surface area contributed by atoms with E-state index in [1.807, 2.05) is 0 Å². The van der Waals surface area contributed by atoms with Crippen molar-refractivity contribution in [3.8, 4) is 0 Å². The van der Waals surface area contributed by atoms with Crippen molar-refractivity contribution in [3.63, 3.8) is 0 Å². The van der Waals surface area contributed by atoms with Gasteiger partial charge in [0.05, 0.1) is 0 Å². The Morgan fingerprint density at radius 1 is 0.900 bits per heavy atom. The van der Waals surface area contributed by atoms with Crippen LogP contribution in [0.4, 0.5) is 0 Å². The zero-order chi connectivity index (χ0) is 19.4. The molecule has 0 amide bonds. The molecule has 0 saturated heterocycles. The number of aryl methyl sites for hydroxylation is 1. The number of halogens is 2. The van der Waals surface area contributed by atoms with E-state index in [1.165, 1.54) is 44.6 Å². The van der Waals surface area contributed by atoms with Crippen LogP contribution in [0, 0.1) is 13.8 Å². The molecule has 152 valence electrons. The molecule has 2 aliphatic rings. The van der Waals surface area contributed by atoms with E-state index in [1.54, 1.807) is 9.45 Å². The van der Waals surface area contributed by atoms with Crippen molar-refractivity contribution in [2.75, 3.05) is 0 Å². The maximum atomic E-state index is 2.55. The zero-order valence-electron chi connectivity index (χ0n) is 17.8. The number of benzene rings is 2. The average Bonchev–Trinajstić information content (AvgIpc) is 3.31. The molecule has 0 spiro atoms. The number of hydrogen-bond acceptors (Lipinski definition) is 0. The first-order chi connectivity index (χ1) is 13.6. The Bertz CT molecular complexity index is 1210. The molecule has 0 saturated carbocycles. The normalized spacial score (nSPS) is 17.1. The molecule has 1 heterocycles. The first-order valence-electron chi connectivity index (χ1n) is 10.1. The topological polar surface area (TPSA) is 4.93 Å². The summed E-state index contributed by atoms with van der Waals surface area (Å²) in [6.07, 6.45) is 6.03. The molecule has 0 aliphatic heterocycles. The third kappa shape index (κ3) is 3.57. The average molecular weight is 470 g/mol. The maximum Gasteiger partial charge on any atom is -1.00 e. The Labute approximate surface area is 200 Å². The van der Waals surface area contributed by atoms with Crippen LogP contribution in [0.1, 0.15) is 46.9 Å². The summed E-state index contributed by atoms with van der Waals surface area (Å²) < 4.78 is 4.80. The summed E-state index contributed by atoms with van der Waals surface area (Å²) in [4.78, 5) is 0. The van der Waals surface area contributed by atoms with Crippen LogP contribution < -0.4 is 24.8 Å². The van der Waals surface area contributed by atoms with Crippen LogP contribution in [0.2, 0.25) is 0 Å². The van der Waals surface area contributed by atoms with Gasteiger partial charge in [0, 0.05) is 0 Å². The summed E-state index contributed by atoms with van der Waals surface area (Å²) in [5.74, 6) is 0. The van der Waals surface area contributed by atoms with Gasteiger partial charge in [0.25, 0.3) is 0 Å². The quantitative estimate of drug-likeness (QED) is 0.505. The van der Waals surface area contributed by atoms with Gasteiger partial charge in [-0.3, -0.25) is 0 Å². The van der Waals surface area contributed by atoms with Crippen LogP contribution in [-0.4, -0.2) is 4.57 Å². The van der Waals surface area contributed by atoms with E-state index in [0.29, 0.717) is 4.22 Å². The minimum atomic E-state index is -0.294. The molecule has 1 nitrogen and oxygen atoms in total. The number of rotatable bonds is 3. The van der Waals surface area contributed by atoms with E-state index in [9.17, 15) is 0 Å². The van der Waals surface area contributed by atoms with Gasteiger partial charge in [-0.2, -0.15) is 0 Å². The number of hydrogen-bond donors (Lipinski definition) is 0. The van der Waals surface area contributed by atoms with E-state index < -0.39 is 0 Å². The number of aromatic nitrogens is 1. The second-order valence-electron chi connectivity index (χ2n) is 8.03. The fourth-order valence-corrected chi connectivity index (χ4v) is 7.40. The van der Waals surface area contributed by atoms with Gasteiger partial charge in [-0.05, 0) is 0 Å². The molecule has 0 radical (unpaired) electrons. The van der Waals surface area contributed by atoms with Crippen LogP contribution in [-0.2, 0) is 19.2 Å². The molecule has 0 N–H and O–H groups in total. The Balaban J connectivity index is 0.00000128. The van der Waals surface area contributed by atoms with E-state index in [2.05, 4.69) is 92.9 Å². The first-order valence-corrected chi connectivity index (χ1v) is 11.8. The minimum absolute atomic E-state index is 0. The van der Waals surface area contributed by atoms with Gasteiger partial charge in [-0.25, -0.2) is 0 Å². The molecule has 0 bridgehead atoms. The predicted molar refractivity (Wildman–Crippen MR) is 116 cm³/mol. The Hall–Kier alpha value is -1.51. The fourth-order valence-electron chi connectivity index (χ4n) is 4.66. The third-order valence-electron chi connectivity index (χ3n) is 6.57. The van der Waals surface area contributed by atoms with Gasteiger partial charge < -0.3 is 24.8 Å². The van der Waals surface area contributed by atoms with Crippen LogP contribution >= 0.6 is 0 Å². The second kappa shape index (κ2) is 8.93. The Kier molecular flexibility index (Phi) is 6.89. The molecule has 30 heavy (non-hydrogen) atoms. The standard InChI is InChI=1S/C19H16N.C7H9.2ClH.Ti/c1-13-14(2)20(19-10-6-5-9-18(13)19)17-11-15-7-3-4-8-16(15)12-17;1-6-4-3-5-7(6)2;;;/h3-12H,1-2H3;4H,3H2,1-2H3;2*1H;/q;;;;+2/p-2. The number of fused-ring (bicyclic) bond motifs is 2. The van der Waals surface area contributed by atoms with Gasteiger partial charge in [-0.1, -0.05) is 0 Å². The Morgan fingerprint density at radius 2 is 1.60 bits per heavy atom. The summed E-state index contributed by atoms with van der Waals surface area (Å²) in [6, 6.07) is 17.9. The van der Waals surface area contributed by atoms with Crippen molar-refractivity contribution in [1.82, 2.24) is 4.57 Å². The Morgan fingerprint density at radius 3 is 2.33 bits per heavy atom. The zero-order valence-corrected chi connectivity index (χ0v) is 20.8. The number of nitrogens with zero attached hydrogens (tertiary/aromatic N) is 1. The predicted octanol–water partition coefficient (Wildman–Crippen LogP) is 1.03. The van der Waals surface area contributed by atoms with Crippen molar-refractivity contribution in [2.45, 2.75) is 38.3 Å². The molecule has 2 aromatic carbocycles. The molecule has 5 rings (SSSR count). The summed E-state index contributed by atoms with van der Waals surface area (Å²) >= 11 is -0.294. The van der Waals surface area contributed by atoms with Gasteiger partial charge in [0.1, 0.15) is 0 Å². The van der Waals surface area contributed by atoms with Crippen LogP contribution in [0.3, 0.4) is 0 Å². The van der Waals surface area contributed by atoms with Gasteiger partial charge in [-0.15, -0.1) is 0 Å². The SMILES string of the molecule is CC1=CC[C]([Ti+2][CH]2C(n3c(C)c(C)c4ccccc43)=Cc3ccccc32)=C1C.[Cl-].[Cl-]. The molecular formula is C26H25Cl2NTi. The van der Waals surface area contributed by atoms with Gasteiger partial charge in [0.15, 0.2) is 0 Å². The second-order valence-corrected chi connectivity index (χ2v) is 10.3. The van der Waals surface area contributed by atoms with Crippen molar-refractivity contribution in [1.29, 1.82) is 0 Å². The molecule has 2 aliphatic carbocycles. The molecule has 4 heteroatoms. The summed E-state index contributed by atoms with van der Waals surface area (Å²) in [5.41, 5.74) is 11.6. The molecule has 3 aromatic rings. The largest absolute Gasteiger partial charge is 1.00 e. The van der Waals surface area contributed by atoms with Crippen LogP contribution in [0.5, 0.6) is 0 Å². The minimum Gasteiger partial charge on any atom is -1.00 e. The first kappa shape index (κ1) is 23.2. The molecule has 1 atom stereocenters. The maximum absolute atomic E-state index is 2.55. The van der Waals surface area contributed by atoms with Gasteiger partial charge >= 0.3 is 177 Å². The van der Waals surface area contributed by atoms with Crippen molar-refractivity contribution in [3.05, 3.63) is 92.0 Å². The molecule has 1 aromatic heterocycles. The molecule has 0 fully saturated rings. The van der Waals surface area contributed by atoms with E-state index >= 15 is 0 Å². The van der Waals surface area contributed by atoms with Crippen molar-refractivity contribution >= 4 is 22.7 Å². The van der Waals surface area contributed by atoms with Crippen molar-refractivity contribution < 1.29 is 44.0 Å². The smallest absolute Gasteiger partial charge is 1.00 e. The number of allylic oxidation sites excluding steroid dienone is 5. The van der Waals surface area contributed by atoms with Gasteiger partial charge in [0.2, 0.25) is 0 Å². The van der Waals surface area contributed by atoms with E-state index in [-0.39, 0.29) is 44.0 Å². The van der Waals surface area contributed by atoms with Crippen LogP contribution in [0.15, 0.2) is 69.6 Å². The number of para-hydroxylation sites is 1. The summed E-state index contributed by atoms with van der Waals surface area (Å²) in [7, 11) is 0. The fraction of sp³-hybridized carbons (Fsp3) is 0.231. The summed E-state index contributed by atoms with van der Waals surface area (Å²) in [6.45, 7) is 9.13. The molecule has 1 unspecified atom stereocenters. The molecular weight excluding hydrogens is 445 g/mol. The monoisotopic (exact) mass is 469 g/mol. The third-order valence-corrected chi connectivity index (χ3v) is 9.41. The van der Waals surface area contributed by atoms with Crippen molar-refractivity contribution in [2.24, 2.45) is 0 Å².